The highest BCUT2D eigenvalue weighted by atomic mass is 16.2. The first kappa shape index (κ1) is 15.6. The summed E-state index contributed by atoms with van der Waals surface area (Å²) in [6, 6.07) is 13.6. The number of anilines is 1. The van der Waals surface area contributed by atoms with Crippen molar-refractivity contribution >= 4 is 17.4 Å². The number of hydrogen-bond acceptors (Lipinski definition) is 3. The lowest BCUT2D eigenvalue weighted by Crippen LogP contribution is -2.39. The van der Waals surface area contributed by atoms with Crippen molar-refractivity contribution in [1.29, 1.82) is 0 Å². The zero-order valence-corrected chi connectivity index (χ0v) is 14.0. The molecule has 0 radical (unpaired) electrons. The van der Waals surface area contributed by atoms with Gasteiger partial charge in [0.25, 0.3) is 0 Å². The molecular weight excluding hydrogens is 314 g/mol. The summed E-state index contributed by atoms with van der Waals surface area (Å²) in [7, 11) is 0. The van der Waals surface area contributed by atoms with Gasteiger partial charge in [0.15, 0.2) is 11.5 Å². The molecule has 0 unspecified atom stereocenters. The van der Waals surface area contributed by atoms with Gasteiger partial charge in [0, 0.05) is 23.5 Å². The molecule has 1 fully saturated rings. The fourth-order valence-electron chi connectivity index (χ4n) is 3.37. The maximum Gasteiger partial charge on any atom is 0.319 e. The van der Waals surface area contributed by atoms with Crippen molar-refractivity contribution in [3.63, 3.8) is 0 Å². The van der Waals surface area contributed by atoms with E-state index in [-0.39, 0.29) is 12.1 Å². The van der Waals surface area contributed by atoms with E-state index in [1.807, 2.05) is 53.1 Å². The lowest BCUT2D eigenvalue weighted by Gasteiger charge is -2.22. The molecule has 128 valence electrons. The molecule has 0 aliphatic heterocycles. The Balaban J connectivity index is 1.50. The zero-order chi connectivity index (χ0) is 17.1. The number of rotatable bonds is 3. The van der Waals surface area contributed by atoms with E-state index in [1.54, 1.807) is 0 Å². The molecule has 6 nitrogen and oxygen atoms in total. The lowest BCUT2D eigenvalue weighted by atomic mass is 9.96. The summed E-state index contributed by atoms with van der Waals surface area (Å²) < 4.78 is 1.93. The Bertz CT molecular complexity index is 882. The lowest BCUT2D eigenvalue weighted by molar-refractivity contribution is 0.244. The van der Waals surface area contributed by atoms with Gasteiger partial charge in [0.1, 0.15) is 0 Å². The third-order valence-electron chi connectivity index (χ3n) is 4.63. The Morgan fingerprint density at radius 2 is 1.92 bits per heavy atom. The predicted molar refractivity (Wildman–Crippen MR) is 97.5 cm³/mol. The van der Waals surface area contributed by atoms with E-state index in [9.17, 15) is 4.79 Å². The minimum Gasteiger partial charge on any atom is -0.335 e. The quantitative estimate of drug-likeness (QED) is 0.764. The number of nitrogens with one attached hydrogen (secondary N) is 2. The van der Waals surface area contributed by atoms with Crippen molar-refractivity contribution in [3.05, 3.63) is 48.7 Å². The molecule has 6 heteroatoms. The van der Waals surface area contributed by atoms with Gasteiger partial charge in [-0.1, -0.05) is 37.5 Å². The van der Waals surface area contributed by atoms with Crippen LogP contribution < -0.4 is 10.6 Å². The van der Waals surface area contributed by atoms with Gasteiger partial charge in [-0.25, -0.2) is 4.79 Å². The third kappa shape index (κ3) is 3.47. The number of amides is 2. The van der Waals surface area contributed by atoms with E-state index >= 15 is 0 Å². The molecule has 1 aliphatic carbocycles. The second-order valence-electron chi connectivity index (χ2n) is 6.47. The van der Waals surface area contributed by atoms with Gasteiger partial charge in [0.05, 0.1) is 0 Å². The molecule has 1 aromatic carbocycles. The van der Waals surface area contributed by atoms with Crippen molar-refractivity contribution in [2.24, 2.45) is 0 Å². The number of nitrogens with zero attached hydrogens (tertiary/aromatic N) is 3. The molecule has 0 saturated heterocycles. The molecule has 2 aromatic heterocycles. The monoisotopic (exact) mass is 335 g/mol. The molecular formula is C19H21N5O. The van der Waals surface area contributed by atoms with Crippen LogP contribution in [0.4, 0.5) is 10.5 Å². The van der Waals surface area contributed by atoms with Crippen LogP contribution in [0.3, 0.4) is 0 Å². The van der Waals surface area contributed by atoms with Crippen LogP contribution in [0.5, 0.6) is 0 Å². The Morgan fingerprint density at radius 1 is 1.04 bits per heavy atom. The van der Waals surface area contributed by atoms with Crippen molar-refractivity contribution in [2.45, 2.75) is 38.1 Å². The van der Waals surface area contributed by atoms with Crippen LogP contribution in [-0.2, 0) is 0 Å². The standard InChI is InChI=1S/C19H21N5O/c25-19(20-15-8-2-1-3-9-15)21-16-10-6-7-14(13-16)18-23-22-17-11-4-5-12-24(17)18/h4-7,10-13,15H,1-3,8-9H2,(H2,20,21,25). The Kier molecular flexibility index (Phi) is 4.33. The molecule has 3 aromatic rings. The van der Waals surface area contributed by atoms with Gasteiger partial charge in [-0.3, -0.25) is 4.40 Å². The van der Waals surface area contributed by atoms with E-state index in [4.69, 9.17) is 0 Å². The number of benzene rings is 1. The molecule has 2 heterocycles. The number of aromatic nitrogens is 3. The highest BCUT2D eigenvalue weighted by Crippen LogP contribution is 2.22. The largest absolute Gasteiger partial charge is 0.335 e. The van der Waals surface area contributed by atoms with E-state index in [1.165, 1.54) is 19.3 Å². The Hall–Kier alpha value is -2.89. The molecule has 0 spiro atoms. The first-order chi connectivity index (χ1) is 12.3. The molecule has 1 saturated carbocycles. The maximum absolute atomic E-state index is 12.2. The third-order valence-corrected chi connectivity index (χ3v) is 4.63. The van der Waals surface area contributed by atoms with Crippen LogP contribution >= 0.6 is 0 Å². The van der Waals surface area contributed by atoms with Crippen molar-refractivity contribution in [3.8, 4) is 11.4 Å². The van der Waals surface area contributed by atoms with Crippen molar-refractivity contribution < 1.29 is 4.79 Å². The highest BCUT2D eigenvalue weighted by molar-refractivity contribution is 5.90. The van der Waals surface area contributed by atoms with Gasteiger partial charge in [-0.2, -0.15) is 0 Å². The number of pyridine rings is 1. The van der Waals surface area contributed by atoms with Gasteiger partial charge in [-0.15, -0.1) is 10.2 Å². The van der Waals surface area contributed by atoms with Gasteiger partial charge < -0.3 is 10.6 Å². The van der Waals surface area contributed by atoms with E-state index < -0.39 is 0 Å². The molecule has 1 aliphatic rings. The Morgan fingerprint density at radius 3 is 2.80 bits per heavy atom. The smallest absolute Gasteiger partial charge is 0.319 e. The van der Waals surface area contributed by atoms with E-state index in [0.29, 0.717) is 0 Å². The maximum atomic E-state index is 12.2. The van der Waals surface area contributed by atoms with Crippen molar-refractivity contribution in [1.82, 2.24) is 19.9 Å². The topological polar surface area (TPSA) is 71.3 Å². The van der Waals surface area contributed by atoms with Crippen LogP contribution in [0.2, 0.25) is 0 Å². The number of fused-ring (bicyclic) bond motifs is 1. The minimum absolute atomic E-state index is 0.143. The summed E-state index contributed by atoms with van der Waals surface area (Å²) in [5.41, 5.74) is 2.46. The van der Waals surface area contributed by atoms with Crippen LogP contribution in [0.1, 0.15) is 32.1 Å². The second-order valence-corrected chi connectivity index (χ2v) is 6.47. The van der Waals surface area contributed by atoms with Crippen LogP contribution in [0.25, 0.3) is 17.0 Å². The number of carbonyl (C=O) groups is 1. The summed E-state index contributed by atoms with van der Waals surface area (Å²) in [5.74, 6) is 0.756. The van der Waals surface area contributed by atoms with Crippen LogP contribution in [0, 0.1) is 0 Å². The summed E-state index contributed by atoms with van der Waals surface area (Å²) in [6.07, 6.45) is 7.73. The van der Waals surface area contributed by atoms with Gasteiger partial charge >= 0.3 is 6.03 Å². The van der Waals surface area contributed by atoms with Gasteiger partial charge in [0.2, 0.25) is 0 Å². The summed E-state index contributed by atoms with van der Waals surface area (Å²) in [6.45, 7) is 0. The molecule has 4 rings (SSSR count). The molecule has 0 atom stereocenters. The number of urea groups is 1. The first-order valence-corrected chi connectivity index (χ1v) is 8.77. The Labute approximate surface area is 146 Å². The first-order valence-electron chi connectivity index (χ1n) is 8.77. The fourth-order valence-corrected chi connectivity index (χ4v) is 3.37. The highest BCUT2D eigenvalue weighted by Gasteiger charge is 2.16. The number of hydrogen-bond donors (Lipinski definition) is 2. The fraction of sp³-hybridized carbons (Fsp3) is 0.316. The average molecular weight is 335 g/mol. The zero-order valence-electron chi connectivity index (χ0n) is 14.0. The molecule has 2 N–H and O–H groups in total. The summed E-state index contributed by atoms with van der Waals surface area (Å²) in [4.78, 5) is 12.2. The van der Waals surface area contributed by atoms with E-state index in [2.05, 4.69) is 20.8 Å². The van der Waals surface area contributed by atoms with Crippen LogP contribution in [-0.4, -0.2) is 26.7 Å². The summed E-state index contributed by atoms with van der Waals surface area (Å²) >= 11 is 0. The minimum atomic E-state index is -0.143. The van der Waals surface area contributed by atoms with Crippen molar-refractivity contribution in [2.75, 3.05) is 5.32 Å². The predicted octanol–water partition coefficient (Wildman–Crippen LogP) is 3.85. The van der Waals surface area contributed by atoms with Crippen LogP contribution in [0.15, 0.2) is 48.7 Å². The molecule has 0 bridgehead atoms. The number of carbonyl (C=O) groups excluding carboxylic acids is 1. The second kappa shape index (κ2) is 6.93. The average Bonchev–Trinajstić information content (AvgIpc) is 3.07. The van der Waals surface area contributed by atoms with E-state index in [0.717, 1.165) is 35.6 Å². The normalized spacial score (nSPS) is 15.2. The molecule has 25 heavy (non-hydrogen) atoms. The van der Waals surface area contributed by atoms with Gasteiger partial charge in [-0.05, 0) is 37.1 Å². The summed E-state index contributed by atoms with van der Waals surface area (Å²) in [5, 5.41) is 14.4. The molecule has 2 amide bonds. The SMILES string of the molecule is O=C(Nc1cccc(-c2nnc3ccccn23)c1)NC1CCCCC1.